The molecule has 29 heavy (non-hydrogen) atoms. The number of para-hydroxylation sites is 1. The van der Waals surface area contributed by atoms with Crippen LogP contribution in [0.1, 0.15) is 17.4 Å². The molecule has 7 nitrogen and oxygen atoms in total. The van der Waals surface area contributed by atoms with Crippen molar-refractivity contribution in [1.29, 1.82) is 0 Å². The molecule has 0 bridgehead atoms. The van der Waals surface area contributed by atoms with Crippen molar-refractivity contribution in [3.8, 4) is 0 Å². The lowest BCUT2D eigenvalue weighted by Gasteiger charge is -2.39. The molecule has 2 aromatic carbocycles. The highest BCUT2D eigenvalue weighted by Gasteiger charge is 2.30. The molecule has 3 aromatic rings. The summed E-state index contributed by atoms with van der Waals surface area (Å²) in [5.41, 5.74) is 2.49. The van der Waals surface area contributed by atoms with E-state index < -0.39 is 0 Å². The van der Waals surface area contributed by atoms with Gasteiger partial charge in [0.1, 0.15) is 0 Å². The fourth-order valence-electron chi connectivity index (χ4n) is 3.78. The van der Waals surface area contributed by atoms with Gasteiger partial charge in [0, 0.05) is 39.0 Å². The lowest BCUT2D eigenvalue weighted by Crippen LogP contribution is -2.48. The summed E-state index contributed by atoms with van der Waals surface area (Å²) in [5, 5.41) is 12.5. The Kier molecular flexibility index (Phi) is 7.57. The lowest BCUT2D eigenvalue weighted by molar-refractivity contribution is 0.172. The average molecular weight is 415 g/mol. The van der Waals surface area contributed by atoms with E-state index in [2.05, 4.69) is 79.9 Å². The first-order valence-electron chi connectivity index (χ1n) is 9.71. The number of methoxy groups -OCH3 is 1. The second-order valence-corrected chi connectivity index (χ2v) is 6.92. The number of anilines is 1. The zero-order valence-corrected chi connectivity index (χ0v) is 17.4. The number of benzene rings is 2. The van der Waals surface area contributed by atoms with Gasteiger partial charge in [-0.15, -0.1) is 17.5 Å². The molecule has 1 atom stereocenters. The van der Waals surface area contributed by atoms with E-state index in [1.807, 2.05) is 10.7 Å². The van der Waals surface area contributed by atoms with Crippen LogP contribution in [0.15, 0.2) is 60.7 Å². The minimum absolute atomic E-state index is 0. The molecule has 0 aliphatic carbocycles. The van der Waals surface area contributed by atoms with Crippen molar-refractivity contribution >= 4 is 18.1 Å². The van der Waals surface area contributed by atoms with Crippen LogP contribution >= 0.6 is 12.4 Å². The molecule has 1 aromatic heterocycles. The van der Waals surface area contributed by atoms with Crippen LogP contribution in [0.4, 0.5) is 5.69 Å². The molecule has 0 amide bonds. The number of nitrogens with zero attached hydrogens (tertiary/aromatic N) is 6. The normalized spacial score (nSPS) is 15.7. The first-order valence-corrected chi connectivity index (χ1v) is 9.71. The largest absolute Gasteiger partial charge is 0.383 e. The van der Waals surface area contributed by atoms with Crippen LogP contribution in [0.25, 0.3) is 0 Å². The van der Waals surface area contributed by atoms with Crippen LogP contribution in [0.3, 0.4) is 0 Å². The SMILES string of the molecule is COCCn1nnnc1C(c1ccccc1)N1CCN(c2ccccc2)CC1.Cl. The standard InChI is InChI=1S/C21H26N6O.ClH/c1-28-17-16-27-21(22-23-24-27)20(18-8-4-2-5-9-18)26-14-12-25(13-15-26)19-10-6-3-7-11-19;/h2-11,20H,12-17H2,1H3;1H. The maximum absolute atomic E-state index is 5.23. The second kappa shape index (κ2) is 10.3. The predicted octanol–water partition coefficient (Wildman–Crippen LogP) is 2.65. The summed E-state index contributed by atoms with van der Waals surface area (Å²) < 4.78 is 7.09. The fourth-order valence-corrected chi connectivity index (χ4v) is 3.78. The molecule has 0 spiro atoms. The molecule has 1 fully saturated rings. The summed E-state index contributed by atoms with van der Waals surface area (Å²) >= 11 is 0. The zero-order chi connectivity index (χ0) is 19.2. The van der Waals surface area contributed by atoms with Gasteiger partial charge in [-0.25, -0.2) is 4.68 Å². The first-order chi connectivity index (χ1) is 13.9. The molecule has 8 heteroatoms. The molecular formula is C21H27ClN6O. The van der Waals surface area contributed by atoms with Gasteiger partial charge in [0.2, 0.25) is 0 Å². The van der Waals surface area contributed by atoms with Crippen molar-refractivity contribution in [2.75, 3.05) is 44.8 Å². The molecule has 0 saturated carbocycles. The van der Waals surface area contributed by atoms with Gasteiger partial charge in [0.05, 0.1) is 19.2 Å². The van der Waals surface area contributed by atoms with Gasteiger partial charge in [0.15, 0.2) is 5.82 Å². The third-order valence-corrected chi connectivity index (χ3v) is 5.23. The van der Waals surface area contributed by atoms with Crippen LogP contribution < -0.4 is 4.90 Å². The summed E-state index contributed by atoms with van der Waals surface area (Å²) in [5.74, 6) is 0.872. The van der Waals surface area contributed by atoms with Crippen LogP contribution in [0, 0.1) is 0 Å². The molecule has 1 unspecified atom stereocenters. The third kappa shape index (κ3) is 4.93. The Bertz CT molecular complexity index is 852. The molecule has 0 N–H and O–H groups in total. The number of halogens is 1. The zero-order valence-electron chi connectivity index (χ0n) is 16.6. The van der Waals surface area contributed by atoms with Crippen molar-refractivity contribution < 1.29 is 4.74 Å². The Morgan fingerprint density at radius 3 is 2.24 bits per heavy atom. The van der Waals surface area contributed by atoms with Crippen molar-refractivity contribution in [3.05, 3.63) is 72.1 Å². The summed E-state index contributed by atoms with van der Waals surface area (Å²) in [4.78, 5) is 4.91. The second-order valence-electron chi connectivity index (χ2n) is 6.92. The smallest absolute Gasteiger partial charge is 0.173 e. The molecule has 1 aliphatic heterocycles. The Hall–Kier alpha value is -2.48. The van der Waals surface area contributed by atoms with E-state index >= 15 is 0 Å². The van der Waals surface area contributed by atoms with Crippen LogP contribution in [-0.2, 0) is 11.3 Å². The number of rotatable bonds is 7. The topological polar surface area (TPSA) is 59.3 Å². The fraction of sp³-hybridized carbons (Fsp3) is 0.381. The van der Waals surface area contributed by atoms with Crippen molar-refractivity contribution in [2.45, 2.75) is 12.6 Å². The van der Waals surface area contributed by atoms with Crippen LogP contribution in [0.5, 0.6) is 0 Å². The number of piperazine rings is 1. The third-order valence-electron chi connectivity index (χ3n) is 5.23. The summed E-state index contributed by atoms with van der Waals surface area (Å²) in [6, 6.07) is 21.1. The Morgan fingerprint density at radius 1 is 0.931 bits per heavy atom. The van der Waals surface area contributed by atoms with Crippen molar-refractivity contribution in [2.24, 2.45) is 0 Å². The van der Waals surface area contributed by atoms with Crippen LogP contribution in [0.2, 0.25) is 0 Å². The van der Waals surface area contributed by atoms with E-state index in [9.17, 15) is 0 Å². The number of ether oxygens (including phenoxy) is 1. The Morgan fingerprint density at radius 2 is 1.59 bits per heavy atom. The summed E-state index contributed by atoms with van der Waals surface area (Å²) in [6.07, 6.45) is 0. The van der Waals surface area contributed by atoms with Gasteiger partial charge >= 0.3 is 0 Å². The Labute approximate surface area is 177 Å². The lowest BCUT2D eigenvalue weighted by atomic mass is 10.0. The molecule has 1 aliphatic rings. The number of hydrogen-bond donors (Lipinski definition) is 0. The van der Waals surface area contributed by atoms with E-state index in [1.165, 1.54) is 11.3 Å². The van der Waals surface area contributed by atoms with E-state index in [4.69, 9.17) is 4.74 Å². The van der Waals surface area contributed by atoms with Crippen LogP contribution in [-0.4, -0.2) is 65.0 Å². The maximum Gasteiger partial charge on any atom is 0.173 e. The number of tetrazole rings is 1. The number of hydrogen-bond acceptors (Lipinski definition) is 6. The van der Waals surface area contributed by atoms with Gasteiger partial charge in [0.25, 0.3) is 0 Å². The van der Waals surface area contributed by atoms with Gasteiger partial charge in [-0.2, -0.15) is 0 Å². The summed E-state index contributed by atoms with van der Waals surface area (Å²) in [6.45, 7) is 5.09. The number of aromatic nitrogens is 4. The molecule has 1 saturated heterocycles. The van der Waals surface area contributed by atoms with E-state index in [-0.39, 0.29) is 18.4 Å². The van der Waals surface area contributed by atoms with Gasteiger partial charge in [-0.1, -0.05) is 48.5 Å². The molecule has 2 heterocycles. The molecule has 154 valence electrons. The molecule has 0 radical (unpaired) electrons. The van der Waals surface area contributed by atoms with E-state index in [1.54, 1.807) is 7.11 Å². The predicted molar refractivity (Wildman–Crippen MR) is 115 cm³/mol. The summed E-state index contributed by atoms with van der Waals surface area (Å²) in [7, 11) is 1.70. The highest BCUT2D eigenvalue weighted by molar-refractivity contribution is 5.85. The highest BCUT2D eigenvalue weighted by atomic mass is 35.5. The van der Waals surface area contributed by atoms with Gasteiger partial charge in [-0.3, -0.25) is 4.90 Å². The van der Waals surface area contributed by atoms with Gasteiger partial charge in [-0.05, 0) is 28.1 Å². The minimum atomic E-state index is 0. The van der Waals surface area contributed by atoms with Gasteiger partial charge < -0.3 is 9.64 Å². The van der Waals surface area contributed by atoms with Crippen molar-refractivity contribution in [1.82, 2.24) is 25.1 Å². The van der Waals surface area contributed by atoms with E-state index in [0.717, 1.165) is 32.0 Å². The Balaban J connectivity index is 0.00000240. The quantitative estimate of drug-likeness (QED) is 0.592. The molecular weight excluding hydrogens is 388 g/mol. The average Bonchev–Trinajstić information content (AvgIpc) is 3.22. The van der Waals surface area contributed by atoms with Crippen molar-refractivity contribution in [3.63, 3.8) is 0 Å². The minimum Gasteiger partial charge on any atom is -0.383 e. The molecule has 4 rings (SSSR count). The maximum atomic E-state index is 5.23. The first kappa shape index (κ1) is 21.2. The van der Waals surface area contributed by atoms with E-state index in [0.29, 0.717) is 13.2 Å². The monoisotopic (exact) mass is 414 g/mol. The highest BCUT2D eigenvalue weighted by Crippen LogP contribution is 2.28.